The topological polar surface area (TPSA) is 52.6 Å². The molecule has 1 saturated carbocycles. The van der Waals surface area contributed by atoms with Crippen molar-refractivity contribution in [3.05, 3.63) is 0 Å². The molecule has 2 fully saturated rings. The minimum atomic E-state index is 0.0666. The molecule has 2 rings (SSSR count). The van der Waals surface area contributed by atoms with Gasteiger partial charge in [0.15, 0.2) is 0 Å². The van der Waals surface area contributed by atoms with Gasteiger partial charge in [-0.25, -0.2) is 0 Å². The number of hydrogen-bond donors (Lipinski definition) is 2. The maximum absolute atomic E-state index is 12.2. The van der Waals surface area contributed by atoms with Gasteiger partial charge in [0.1, 0.15) is 0 Å². The van der Waals surface area contributed by atoms with Crippen LogP contribution in [0.15, 0.2) is 0 Å². The van der Waals surface area contributed by atoms with E-state index in [1.165, 1.54) is 12.8 Å². The molecule has 1 amide bonds. The number of nitrogens with zero attached hydrogens (tertiary/aromatic N) is 1. The van der Waals surface area contributed by atoms with Crippen LogP contribution in [0.4, 0.5) is 0 Å². The number of likely N-dealkylation sites (tertiary alicyclic amines) is 1. The number of nitrogens with one attached hydrogen (secondary N) is 1. The van der Waals surface area contributed by atoms with E-state index < -0.39 is 0 Å². The van der Waals surface area contributed by atoms with Crippen LogP contribution in [0.5, 0.6) is 0 Å². The van der Waals surface area contributed by atoms with E-state index in [-0.39, 0.29) is 18.4 Å². The van der Waals surface area contributed by atoms with Crippen molar-refractivity contribution in [3.63, 3.8) is 0 Å². The number of carbonyl (C=O) groups is 1. The van der Waals surface area contributed by atoms with E-state index in [1.54, 1.807) is 0 Å². The molecular weight excluding hydrogens is 240 g/mol. The average Bonchev–Trinajstić information content (AvgIpc) is 3.19. The highest BCUT2D eigenvalue weighted by Crippen LogP contribution is 2.28. The van der Waals surface area contributed by atoms with Crippen LogP contribution in [-0.4, -0.2) is 48.2 Å². The molecule has 2 aliphatic rings. The van der Waals surface area contributed by atoms with Crippen molar-refractivity contribution in [1.29, 1.82) is 0 Å². The standard InChI is InChI=1S/C15H28N2O2/c1-11(2)15(19)17-9-13(5-6-18)7-14(10-17)16-8-12-3-4-12/h11-14,16,18H,3-10H2,1-2H3. The zero-order chi connectivity index (χ0) is 13.8. The Kier molecular flexibility index (Phi) is 5.22. The Labute approximate surface area is 116 Å². The lowest BCUT2D eigenvalue weighted by Gasteiger charge is -2.39. The predicted octanol–water partition coefficient (Wildman–Crippen LogP) is 1.24. The Morgan fingerprint density at radius 1 is 1.32 bits per heavy atom. The first-order chi connectivity index (χ1) is 9.10. The summed E-state index contributed by atoms with van der Waals surface area (Å²) in [6, 6.07) is 0.411. The van der Waals surface area contributed by atoms with Crippen LogP contribution in [0.2, 0.25) is 0 Å². The first-order valence-corrected chi connectivity index (χ1v) is 7.73. The van der Waals surface area contributed by atoms with E-state index in [0.717, 1.165) is 38.4 Å². The molecule has 4 nitrogen and oxygen atoms in total. The second-order valence-electron chi connectivity index (χ2n) is 6.56. The molecule has 2 atom stereocenters. The van der Waals surface area contributed by atoms with Crippen molar-refractivity contribution in [2.24, 2.45) is 17.8 Å². The summed E-state index contributed by atoms with van der Waals surface area (Å²) < 4.78 is 0. The molecule has 110 valence electrons. The quantitative estimate of drug-likeness (QED) is 0.762. The Morgan fingerprint density at radius 3 is 2.63 bits per heavy atom. The first-order valence-electron chi connectivity index (χ1n) is 7.73. The molecule has 0 spiro atoms. The predicted molar refractivity (Wildman–Crippen MR) is 75.7 cm³/mol. The number of piperidine rings is 1. The molecule has 1 aliphatic carbocycles. The maximum Gasteiger partial charge on any atom is 0.225 e. The number of carbonyl (C=O) groups excluding carboxylic acids is 1. The fraction of sp³-hybridized carbons (Fsp3) is 0.933. The Balaban J connectivity index is 1.88. The normalized spacial score (nSPS) is 27.9. The van der Waals surface area contributed by atoms with Crippen LogP contribution in [0.3, 0.4) is 0 Å². The summed E-state index contributed by atoms with van der Waals surface area (Å²) >= 11 is 0. The van der Waals surface area contributed by atoms with Gasteiger partial charge in [0.25, 0.3) is 0 Å². The molecule has 0 radical (unpaired) electrons. The van der Waals surface area contributed by atoms with Crippen molar-refractivity contribution in [2.75, 3.05) is 26.2 Å². The Morgan fingerprint density at radius 2 is 2.05 bits per heavy atom. The second kappa shape index (κ2) is 6.71. The van der Waals surface area contributed by atoms with Gasteiger partial charge >= 0.3 is 0 Å². The number of aliphatic hydroxyl groups is 1. The van der Waals surface area contributed by atoms with Gasteiger partial charge in [-0.2, -0.15) is 0 Å². The van der Waals surface area contributed by atoms with Crippen molar-refractivity contribution in [1.82, 2.24) is 10.2 Å². The van der Waals surface area contributed by atoms with Crippen molar-refractivity contribution in [3.8, 4) is 0 Å². The number of rotatable bonds is 6. The molecule has 0 aromatic rings. The largest absolute Gasteiger partial charge is 0.396 e. The molecule has 0 aromatic carbocycles. The minimum absolute atomic E-state index is 0.0666. The Bertz CT molecular complexity index is 303. The molecule has 1 aliphatic heterocycles. The van der Waals surface area contributed by atoms with Gasteiger partial charge in [-0.05, 0) is 44.1 Å². The van der Waals surface area contributed by atoms with Crippen LogP contribution in [0, 0.1) is 17.8 Å². The van der Waals surface area contributed by atoms with Crippen molar-refractivity contribution in [2.45, 2.75) is 45.6 Å². The summed E-state index contributed by atoms with van der Waals surface area (Å²) in [6.45, 7) is 6.91. The van der Waals surface area contributed by atoms with Crippen LogP contribution in [-0.2, 0) is 4.79 Å². The molecule has 0 bridgehead atoms. The first kappa shape index (κ1) is 14.8. The van der Waals surface area contributed by atoms with Gasteiger partial charge in [-0.1, -0.05) is 13.8 Å². The summed E-state index contributed by atoms with van der Waals surface area (Å²) in [5, 5.41) is 12.8. The lowest BCUT2D eigenvalue weighted by Crippen LogP contribution is -2.52. The number of amides is 1. The van der Waals surface area contributed by atoms with Crippen LogP contribution < -0.4 is 5.32 Å². The van der Waals surface area contributed by atoms with Gasteiger partial charge in [-0.15, -0.1) is 0 Å². The van der Waals surface area contributed by atoms with Crippen LogP contribution >= 0.6 is 0 Å². The van der Waals surface area contributed by atoms with Crippen molar-refractivity contribution >= 4 is 5.91 Å². The zero-order valence-electron chi connectivity index (χ0n) is 12.3. The van der Waals surface area contributed by atoms with Gasteiger partial charge in [0, 0.05) is 31.7 Å². The molecule has 2 N–H and O–H groups in total. The van der Waals surface area contributed by atoms with Crippen molar-refractivity contribution < 1.29 is 9.90 Å². The molecule has 2 unspecified atom stereocenters. The molecule has 1 saturated heterocycles. The van der Waals surface area contributed by atoms with Crippen LogP contribution in [0.25, 0.3) is 0 Å². The monoisotopic (exact) mass is 268 g/mol. The van der Waals surface area contributed by atoms with Crippen LogP contribution in [0.1, 0.15) is 39.5 Å². The molecule has 0 aromatic heterocycles. The number of aliphatic hydroxyl groups excluding tert-OH is 1. The van der Waals surface area contributed by atoms with E-state index in [4.69, 9.17) is 5.11 Å². The second-order valence-corrected chi connectivity index (χ2v) is 6.56. The van der Waals surface area contributed by atoms with E-state index in [9.17, 15) is 4.79 Å². The lowest BCUT2D eigenvalue weighted by atomic mass is 9.91. The highest BCUT2D eigenvalue weighted by atomic mass is 16.3. The lowest BCUT2D eigenvalue weighted by molar-refractivity contribution is -0.137. The van der Waals surface area contributed by atoms with E-state index >= 15 is 0 Å². The third kappa shape index (κ3) is 4.46. The molecule has 1 heterocycles. The summed E-state index contributed by atoms with van der Waals surface area (Å²) in [4.78, 5) is 14.2. The zero-order valence-corrected chi connectivity index (χ0v) is 12.3. The SMILES string of the molecule is CC(C)C(=O)N1CC(CCO)CC(NCC2CC2)C1. The molecule has 4 heteroatoms. The van der Waals surface area contributed by atoms with Gasteiger partial charge in [0.05, 0.1) is 0 Å². The Hall–Kier alpha value is -0.610. The fourth-order valence-electron chi connectivity index (χ4n) is 2.94. The number of hydrogen-bond acceptors (Lipinski definition) is 3. The van der Waals surface area contributed by atoms with E-state index in [1.807, 2.05) is 18.7 Å². The molecule has 19 heavy (non-hydrogen) atoms. The fourth-order valence-corrected chi connectivity index (χ4v) is 2.94. The summed E-state index contributed by atoms with van der Waals surface area (Å²) in [5.41, 5.74) is 0. The highest BCUT2D eigenvalue weighted by Gasteiger charge is 2.31. The third-order valence-corrected chi connectivity index (χ3v) is 4.27. The highest BCUT2D eigenvalue weighted by molar-refractivity contribution is 5.78. The maximum atomic E-state index is 12.2. The van der Waals surface area contributed by atoms with Gasteiger partial charge in [0.2, 0.25) is 5.91 Å². The van der Waals surface area contributed by atoms with Gasteiger partial charge in [-0.3, -0.25) is 4.79 Å². The molecular formula is C15H28N2O2. The smallest absolute Gasteiger partial charge is 0.225 e. The minimum Gasteiger partial charge on any atom is -0.396 e. The van der Waals surface area contributed by atoms with E-state index in [0.29, 0.717) is 12.0 Å². The van der Waals surface area contributed by atoms with E-state index in [2.05, 4.69) is 5.32 Å². The third-order valence-electron chi connectivity index (χ3n) is 4.27. The van der Waals surface area contributed by atoms with Gasteiger partial charge < -0.3 is 15.3 Å². The summed E-state index contributed by atoms with van der Waals surface area (Å²) in [5.74, 6) is 1.63. The summed E-state index contributed by atoms with van der Waals surface area (Å²) in [6.07, 6.45) is 4.61. The summed E-state index contributed by atoms with van der Waals surface area (Å²) in [7, 11) is 0. The average molecular weight is 268 g/mol.